The maximum atomic E-state index is 14.2. The number of nitrogens with two attached hydrogens (primary N) is 1. The Morgan fingerprint density at radius 2 is 1.63 bits per heavy atom. The van der Waals surface area contributed by atoms with Gasteiger partial charge in [0, 0.05) is 32.7 Å². The molecule has 1 aromatic carbocycles. The van der Waals surface area contributed by atoms with Crippen LogP contribution in [0.4, 0.5) is 26.4 Å². The summed E-state index contributed by atoms with van der Waals surface area (Å²) in [6.45, 7) is 6.99. The largest absolute Gasteiger partial charge is 0.396 e. The Morgan fingerprint density at radius 3 is 2.41 bits per heavy atom. The molecule has 5 heterocycles. The number of halogens is 2. The third-order valence-electron chi connectivity index (χ3n) is 6.95. The van der Waals surface area contributed by atoms with Gasteiger partial charge in [-0.05, 0) is 25.1 Å². The molecule has 0 spiro atoms. The first kappa shape index (κ1) is 27.1. The van der Waals surface area contributed by atoms with Gasteiger partial charge in [0.2, 0.25) is 17.8 Å². The first-order chi connectivity index (χ1) is 20.1. The Hall–Kier alpha value is -4.08. The van der Waals surface area contributed by atoms with Gasteiger partial charge in [-0.25, -0.2) is 23.7 Å². The van der Waals surface area contributed by atoms with Crippen LogP contribution in [0.25, 0.3) is 28.5 Å². The molecule has 2 aliphatic rings. The molecule has 0 amide bonds. The lowest BCUT2D eigenvalue weighted by Crippen LogP contribution is -2.37. The lowest BCUT2D eigenvalue weighted by atomic mass is 10.3. The molecule has 0 saturated carbocycles. The topological polar surface area (TPSA) is 145 Å². The summed E-state index contributed by atoms with van der Waals surface area (Å²) in [6, 6.07) is 6.86. The molecule has 0 radical (unpaired) electrons. The number of ether oxygens (including phenoxy) is 2. The highest BCUT2D eigenvalue weighted by atomic mass is 19.3. The predicted molar refractivity (Wildman–Crippen MR) is 148 cm³/mol. The summed E-state index contributed by atoms with van der Waals surface area (Å²) < 4.78 is 40.5. The van der Waals surface area contributed by atoms with Crippen LogP contribution in [0.5, 0.6) is 0 Å². The lowest BCUT2D eigenvalue weighted by Gasteiger charge is -2.27. The number of morpholine rings is 2. The predicted octanol–water partition coefficient (Wildman–Crippen LogP) is 2.16. The fraction of sp³-hybridized carbons (Fsp3) is 0.462. The zero-order valence-corrected chi connectivity index (χ0v) is 22.4. The molecule has 4 aromatic rings. The van der Waals surface area contributed by atoms with Crippen molar-refractivity contribution in [2.24, 2.45) is 0 Å². The molecule has 41 heavy (non-hydrogen) atoms. The minimum Gasteiger partial charge on any atom is -0.396 e. The zero-order valence-electron chi connectivity index (χ0n) is 22.4. The Morgan fingerprint density at radius 1 is 0.902 bits per heavy atom. The van der Waals surface area contributed by atoms with Crippen molar-refractivity contribution in [2.75, 3.05) is 81.6 Å². The number of anilines is 3. The zero-order chi connectivity index (χ0) is 28.2. The molecule has 2 saturated heterocycles. The van der Waals surface area contributed by atoms with Gasteiger partial charge in [0.15, 0.2) is 11.6 Å². The maximum Gasteiger partial charge on any atom is 0.296 e. The number of nitrogen functional groups attached to an aromatic ring is 1. The van der Waals surface area contributed by atoms with E-state index in [1.165, 1.54) is 10.8 Å². The van der Waals surface area contributed by atoms with Gasteiger partial charge in [0.1, 0.15) is 5.69 Å². The molecular weight excluding hydrogens is 536 g/mol. The third-order valence-corrected chi connectivity index (χ3v) is 6.95. The lowest BCUT2D eigenvalue weighted by molar-refractivity contribution is 0.0378. The molecule has 2 fully saturated rings. The van der Waals surface area contributed by atoms with Gasteiger partial charge in [-0.3, -0.25) is 9.47 Å². The normalized spacial score (nSPS) is 16.5. The van der Waals surface area contributed by atoms with E-state index in [-0.39, 0.29) is 23.2 Å². The highest BCUT2D eigenvalue weighted by Crippen LogP contribution is 2.29. The molecule has 0 bridgehead atoms. The van der Waals surface area contributed by atoms with Gasteiger partial charge in [-0.15, -0.1) is 0 Å². The van der Waals surface area contributed by atoms with E-state index in [9.17, 15) is 8.78 Å². The van der Waals surface area contributed by atoms with E-state index in [1.54, 1.807) is 24.3 Å². The quantitative estimate of drug-likeness (QED) is 0.286. The number of aromatic nitrogens is 7. The molecule has 15 heteroatoms. The molecule has 13 nitrogen and oxygen atoms in total. The fourth-order valence-electron chi connectivity index (χ4n) is 4.85. The second kappa shape index (κ2) is 12.2. The van der Waals surface area contributed by atoms with Crippen LogP contribution in [0.2, 0.25) is 0 Å². The summed E-state index contributed by atoms with van der Waals surface area (Å²) in [5, 5.41) is 3.24. The van der Waals surface area contributed by atoms with Crippen LogP contribution >= 0.6 is 0 Å². The average molecular weight is 568 g/mol. The number of nitrogens with one attached hydrogen (secondary N) is 1. The molecule has 0 unspecified atom stereocenters. The SMILES string of the molecule is Nc1cnc(NCCCN2CCOCC2)nc1-c1nc(N2CCOCC2)nc(-n2c(C(F)F)nc3ccccc32)n1. The Kier molecular flexibility index (Phi) is 8.07. The minimum atomic E-state index is -2.85. The highest BCUT2D eigenvalue weighted by molar-refractivity contribution is 5.78. The van der Waals surface area contributed by atoms with Crippen LogP contribution in [0.15, 0.2) is 30.5 Å². The van der Waals surface area contributed by atoms with Crippen molar-refractivity contribution in [3.05, 3.63) is 36.3 Å². The first-order valence-electron chi connectivity index (χ1n) is 13.6. The van der Waals surface area contributed by atoms with E-state index in [0.717, 1.165) is 39.3 Å². The van der Waals surface area contributed by atoms with Crippen molar-refractivity contribution in [2.45, 2.75) is 12.8 Å². The smallest absolute Gasteiger partial charge is 0.296 e. The van der Waals surface area contributed by atoms with E-state index < -0.39 is 12.2 Å². The summed E-state index contributed by atoms with van der Waals surface area (Å²) >= 11 is 0. The summed E-state index contributed by atoms with van der Waals surface area (Å²) in [5.41, 5.74) is 7.67. The molecular formula is C26H31F2N11O2. The second-order valence-corrected chi connectivity index (χ2v) is 9.69. The maximum absolute atomic E-state index is 14.2. The van der Waals surface area contributed by atoms with Gasteiger partial charge < -0.3 is 25.4 Å². The molecule has 0 aliphatic carbocycles. The number of fused-ring (bicyclic) bond motifs is 1. The molecule has 0 atom stereocenters. The van der Waals surface area contributed by atoms with Crippen molar-refractivity contribution in [3.8, 4) is 17.5 Å². The monoisotopic (exact) mass is 567 g/mol. The first-order valence-corrected chi connectivity index (χ1v) is 13.6. The summed E-state index contributed by atoms with van der Waals surface area (Å²) in [7, 11) is 0. The highest BCUT2D eigenvalue weighted by Gasteiger charge is 2.25. The van der Waals surface area contributed by atoms with Crippen molar-refractivity contribution in [3.63, 3.8) is 0 Å². The van der Waals surface area contributed by atoms with E-state index >= 15 is 0 Å². The van der Waals surface area contributed by atoms with Gasteiger partial charge in [0.25, 0.3) is 6.43 Å². The molecule has 2 aliphatic heterocycles. The van der Waals surface area contributed by atoms with E-state index in [1.807, 2.05) is 4.90 Å². The molecule has 6 rings (SSSR count). The van der Waals surface area contributed by atoms with Gasteiger partial charge >= 0.3 is 0 Å². The number of benzene rings is 1. The third kappa shape index (κ3) is 6.01. The van der Waals surface area contributed by atoms with Gasteiger partial charge in [-0.2, -0.15) is 15.0 Å². The van der Waals surface area contributed by atoms with Gasteiger partial charge in [-0.1, -0.05) is 12.1 Å². The van der Waals surface area contributed by atoms with Crippen molar-refractivity contribution >= 4 is 28.6 Å². The Labute approximate surface area is 234 Å². The number of para-hydroxylation sites is 2. The van der Waals surface area contributed by atoms with Crippen LogP contribution in [0.3, 0.4) is 0 Å². The summed E-state index contributed by atoms with van der Waals surface area (Å²) in [6.07, 6.45) is -0.474. The van der Waals surface area contributed by atoms with Crippen molar-refractivity contribution in [1.29, 1.82) is 0 Å². The van der Waals surface area contributed by atoms with E-state index in [4.69, 9.17) is 15.2 Å². The average Bonchev–Trinajstić information content (AvgIpc) is 3.41. The van der Waals surface area contributed by atoms with Crippen LogP contribution in [0.1, 0.15) is 18.7 Å². The summed E-state index contributed by atoms with van der Waals surface area (Å²) in [5.74, 6) is 0.357. The number of nitrogens with zero attached hydrogens (tertiary/aromatic N) is 9. The van der Waals surface area contributed by atoms with E-state index in [2.05, 4.69) is 40.1 Å². The summed E-state index contributed by atoms with van der Waals surface area (Å²) in [4.78, 5) is 31.2. The number of rotatable bonds is 9. The van der Waals surface area contributed by atoms with E-state index in [0.29, 0.717) is 55.8 Å². The second-order valence-electron chi connectivity index (χ2n) is 9.69. The van der Waals surface area contributed by atoms with Crippen molar-refractivity contribution < 1.29 is 18.3 Å². The fourth-order valence-corrected chi connectivity index (χ4v) is 4.85. The number of alkyl halides is 2. The Bertz CT molecular complexity index is 1490. The number of hydrogen-bond donors (Lipinski definition) is 2. The molecule has 3 aromatic heterocycles. The van der Waals surface area contributed by atoms with Crippen LogP contribution in [0, 0.1) is 0 Å². The minimum absolute atomic E-state index is 0.00137. The van der Waals surface area contributed by atoms with Crippen LogP contribution in [-0.2, 0) is 9.47 Å². The number of hydrogen-bond acceptors (Lipinski definition) is 12. The van der Waals surface area contributed by atoms with Gasteiger partial charge in [0.05, 0.1) is 49.3 Å². The van der Waals surface area contributed by atoms with Crippen molar-refractivity contribution in [1.82, 2.24) is 39.4 Å². The molecule has 3 N–H and O–H groups in total. The van der Waals surface area contributed by atoms with Crippen LogP contribution in [-0.4, -0.2) is 105 Å². The standard InChI is InChI=1S/C26H31F2N11O2/c27-21(28)23-32-18-4-1-2-5-19(18)39(23)26-35-22(34-25(36-26)38-10-14-41-15-11-38)20-17(29)16-31-24(33-20)30-6-3-7-37-8-12-40-13-9-37/h1-2,4-5,16,21H,3,6-15,29H2,(H,30,31,33). The Balaban J connectivity index is 1.35. The number of imidazole rings is 1. The van der Waals surface area contributed by atoms with Crippen LogP contribution < -0.4 is 16.0 Å². The molecule has 216 valence electrons.